The molecule has 0 radical (unpaired) electrons. The van der Waals surface area contributed by atoms with Gasteiger partial charge in [0.05, 0.1) is 7.11 Å². The zero-order chi connectivity index (χ0) is 18.4. The van der Waals surface area contributed by atoms with Crippen molar-refractivity contribution >= 4 is 12.0 Å². The van der Waals surface area contributed by atoms with E-state index in [0.717, 1.165) is 11.1 Å². The summed E-state index contributed by atoms with van der Waals surface area (Å²) in [5.74, 6) is -0.0117. The average Bonchev–Trinajstić information content (AvgIpc) is 2.58. The van der Waals surface area contributed by atoms with Gasteiger partial charge in [-0.3, -0.25) is 0 Å². The topological polar surface area (TPSA) is 55.8 Å². The smallest absolute Gasteiger partial charge is 0.331 e. The summed E-state index contributed by atoms with van der Waals surface area (Å²) in [4.78, 5) is 11.8. The first-order valence-electron chi connectivity index (χ1n) is 8.11. The Hall–Kier alpha value is -2.75. The third-order valence-electron chi connectivity index (χ3n) is 3.82. The average molecular weight is 340 g/mol. The van der Waals surface area contributed by atoms with Crippen LogP contribution in [0.3, 0.4) is 0 Å². The fourth-order valence-electron chi connectivity index (χ4n) is 2.27. The van der Waals surface area contributed by atoms with Crippen molar-refractivity contribution < 1.29 is 19.4 Å². The molecule has 0 fully saturated rings. The molecule has 2 aromatic rings. The van der Waals surface area contributed by atoms with E-state index >= 15 is 0 Å². The summed E-state index contributed by atoms with van der Waals surface area (Å²) < 4.78 is 10.3. The summed E-state index contributed by atoms with van der Waals surface area (Å²) in [5.41, 5.74) is 3.02. The Kier molecular flexibility index (Phi) is 5.86. The van der Waals surface area contributed by atoms with Crippen LogP contribution in [0.4, 0.5) is 0 Å². The van der Waals surface area contributed by atoms with Crippen LogP contribution in [-0.2, 0) is 21.6 Å². The molecule has 1 N–H and O–H groups in total. The second-order valence-corrected chi connectivity index (χ2v) is 6.82. The van der Waals surface area contributed by atoms with E-state index in [1.165, 1.54) is 24.8 Å². The molecular weight excluding hydrogens is 316 g/mol. The Morgan fingerprint density at radius 2 is 1.80 bits per heavy atom. The highest BCUT2D eigenvalue weighted by Crippen LogP contribution is 2.26. The molecule has 0 spiro atoms. The van der Waals surface area contributed by atoms with Gasteiger partial charge in [0.25, 0.3) is 0 Å². The van der Waals surface area contributed by atoms with Gasteiger partial charge in [0.15, 0.2) is 11.5 Å². The van der Waals surface area contributed by atoms with Crippen molar-refractivity contribution in [3.05, 3.63) is 65.2 Å². The third kappa shape index (κ3) is 5.38. The first kappa shape index (κ1) is 18.6. The minimum atomic E-state index is -0.424. The molecule has 0 aliphatic carbocycles. The predicted molar refractivity (Wildman–Crippen MR) is 98.6 cm³/mol. The number of hydrogen-bond donors (Lipinski definition) is 1. The monoisotopic (exact) mass is 340 g/mol. The highest BCUT2D eigenvalue weighted by molar-refractivity contribution is 5.87. The summed E-state index contributed by atoms with van der Waals surface area (Å²) in [6.45, 7) is 6.70. The summed E-state index contributed by atoms with van der Waals surface area (Å²) >= 11 is 0. The number of benzene rings is 2. The van der Waals surface area contributed by atoms with Gasteiger partial charge in [0.1, 0.15) is 6.61 Å². The van der Waals surface area contributed by atoms with E-state index in [1.54, 1.807) is 18.2 Å². The molecule has 0 heterocycles. The molecule has 2 rings (SSSR count). The lowest BCUT2D eigenvalue weighted by Crippen LogP contribution is -2.10. The molecule has 0 amide bonds. The Morgan fingerprint density at radius 3 is 2.40 bits per heavy atom. The number of ether oxygens (including phenoxy) is 2. The van der Waals surface area contributed by atoms with Gasteiger partial charge >= 0.3 is 5.97 Å². The zero-order valence-corrected chi connectivity index (χ0v) is 15.1. The number of esters is 1. The molecule has 0 aliphatic rings. The number of methoxy groups -OCH3 is 1. The molecule has 0 aliphatic heterocycles. The summed E-state index contributed by atoms with van der Waals surface area (Å²) in [6, 6.07) is 12.9. The molecule has 0 saturated carbocycles. The fourth-order valence-corrected chi connectivity index (χ4v) is 2.27. The van der Waals surface area contributed by atoms with Crippen LogP contribution in [0.1, 0.15) is 37.5 Å². The van der Waals surface area contributed by atoms with E-state index in [1.807, 2.05) is 12.1 Å². The van der Waals surface area contributed by atoms with Crippen LogP contribution in [0.5, 0.6) is 11.5 Å². The van der Waals surface area contributed by atoms with Crippen molar-refractivity contribution in [1.29, 1.82) is 0 Å². The van der Waals surface area contributed by atoms with Gasteiger partial charge in [-0.05, 0) is 40.3 Å². The van der Waals surface area contributed by atoms with E-state index in [4.69, 9.17) is 9.47 Å². The highest BCUT2D eigenvalue weighted by atomic mass is 16.5. The van der Waals surface area contributed by atoms with Crippen LogP contribution >= 0.6 is 0 Å². The molecule has 0 saturated heterocycles. The zero-order valence-electron chi connectivity index (χ0n) is 15.1. The molecule has 0 bridgehead atoms. The van der Waals surface area contributed by atoms with Crippen molar-refractivity contribution in [3.63, 3.8) is 0 Å². The molecule has 4 nitrogen and oxygen atoms in total. The first-order valence-corrected chi connectivity index (χ1v) is 8.11. The first-order chi connectivity index (χ1) is 11.8. The van der Waals surface area contributed by atoms with Gasteiger partial charge < -0.3 is 14.6 Å². The number of rotatable bonds is 5. The van der Waals surface area contributed by atoms with Gasteiger partial charge in [-0.25, -0.2) is 4.79 Å². The Morgan fingerprint density at radius 1 is 1.12 bits per heavy atom. The molecule has 0 unspecified atom stereocenters. The van der Waals surface area contributed by atoms with Crippen molar-refractivity contribution in [1.82, 2.24) is 0 Å². The largest absolute Gasteiger partial charge is 0.504 e. The standard InChI is InChI=1S/C21H24O4/c1-21(2,3)17-9-5-16(6-10-17)14-25-20(23)12-8-15-7-11-18(22)19(13-15)24-4/h5-13,22H,14H2,1-4H3/b12-8+. The number of aromatic hydroxyl groups is 1. The normalized spacial score (nSPS) is 11.5. The number of phenolic OH excluding ortho intramolecular Hbond substituents is 1. The molecule has 0 atom stereocenters. The minimum Gasteiger partial charge on any atom is -0.504 e. The van der Waals surface area contributed by atoms with Crippen LogP contribution in [-0.4, -0.2) is 18.2 Å². The lowest BCUT2D eigenvalue weighted by atomic mass is 9.87. The van der Waals surface area contributed by atoms with Crippen LogP contribution in [0.2, 0.25) is 0 Å². The number of hydrogen-bond acceptors (Lipinski definition) is 4. The van der Waals surface area contributed by atoms with E-state index < -0.39 is 5.97 Å². The van der Waals surface area contributed by atoms with Gasteiger partial charge in [-0.1, -0.05) is 51.1 Å². The molecule has 0 aromatic heterocycles. The van der Waals surface area contributed by atoms with E-state index in [9.17, 15) is 9.90 Å². The maximum Gasteiger partial charge on any atom is 0.331 e. The number of carbonyl (C=O) groups is 1. The minimum absolute atomic E-state index is 0.0564. The maximum atomic E-state index is 11.8. The lowest BCUT2D eigenvalue weighted by molar-refractivity contribution is -0.138. The second-order valence-electron chi connectivity index (χ2n) is 6.82. The van der Waals surface area contributed by atoms with Gasteiger partial charge in [-0.15, -0.1) is 0 Å². The number of carbonyl (C=O) groups excluding carboxylic acids is 1. The molecule has 2 aromatic carbocycles. The highest BCUT2D eigenvalue weighted by Gasteiger charge is 2.12. The second kappa shape index (κ2) is 7.88. The van der Waals surface area contributed by atoms with Crippen LogP contribution < -0.4 is 4.74 Å². The Labute approximate surface area is 148 Å². The van der Waals surface area contributed by atoms with Gasteiger partial charge in [0, 0.05) is 6.08 Å². The van der Waals surface area contributed by atoms with E-state index in [2.05, 4.69) is 32.9 Å². The Bertz CT molecular complexity index is 752. The summed E-state index contributed by atoms with van der Waals surface area (Å²) in [6.07, 6.45) is 2.97. The summed E-state index contributed by atoms with van der Waals surface area (Å²) in [5, 5.41) is 9.55. The van der Waals surface area contributed by atoms with E-state index in [-0.39, 0.29) is 17.8 Å². The predicted octanol–water partition coefficient (Wildman–Crippen LogP) is 4.45. The van der Waals surface area contributed by atoms with Crippen molar-refractivity contribution in [2.24, 2.45) is 0 Å². The molecule has 132 valence electrons. The molecule has 4 heteroatoms. The third-order valence-corrected chi connectivity index (χ3v) is 3.82. The summed E-state index contributed by atoms with van der Waals surface area (Å²) in [7, 11) is 1.47. The number of phenols is 1. The molecular formula is C21H24O4. The maximum absolute atomic E-state index is 11.8. The van der Waals surface area contributed by atoms with E-state index in [0.29, 0.717) is 5.75 Å². The van der Waals surface area contributed by atoms with Crippen LogP contribution in [0.15, 0.2) is 48.5 Å². The molecule has 25 heavy (non-hydrogen) atoms. The van der Waals surface area contributed by atoms with Crippen molar-refractivity contribution in [3.8, 4) is 11.5 Å². The fraction of sp³-hybridized carbons (Fsp3) is 0.286. The van der Waals surface area contributed by atoms with Crippen molar-refractivity contribution in [2.75, 3.05) is 7.11 Å². The Balaban J connectivity index is 1.92. The van der Waals surface area contributed by atoms with Gasteiger partial charge in [-0.2, -0.15) is 0 Å². The SMILES string of the molecule is COc1cc(/C=C/C(=O)OCc2ccc(C(C)(C)C)cc2)ccc1O. The van der Waals surface area contributed by atoms with Crippen LogP contribution in [0.25, 0.3) is 6.08 Å². The van der Waals surface area contributed by atoms with Gasteiger partial charge in [0.2, 0.25) is 0 Å². The quantitative estimate of drug-likeness (QED) is 0.645. The lowest BCUT2D eigenvalue weighted by Gasteiger charge is -2.19. The van der Waals surface area contributed by atoms with Crippen molar-refractivity contribution in [2.45, 2.75) is 32.8 Å². The van der Waals surface area contributed by atoms with Crippen LogP contribution in [0, 0.1) is 0 Å².